The van der Waals surface area contributed by atoms with Crippen molar-refractivity contribution in [2.75, 3.05) is 20.2 Å². The molecular weight excluding hydrogens is 316 g/mol. The van der Waals surface area contributed by atoms with Gasteiger partial charge in [-0.1, -0.05) is 12.7 Å². The van der Waals surface area contributed by atoms with Gasteiger partial charge in [-0.2, -0.15) is 0 Å². The minimum absolute atomic E-state index is 0.224. The molecule has 1 aromatic heterocycles. The highest BCUT2D eigenvalue weighted by Crippen LogP contribution is 2.26. The second-order valence-electron chi connectivity index (χ2n) is 7.34. The maximum Gasteiger partial charge on any atom is 0.410 e. The summed E-state index contributed by atoms with van der Waals surface area (Å²) in [7, 11) is 1.67. The zero-order valence-electron chi connectivity index (χ0n) is 16.0. The molecule has 1 aromatic rings. The lowest BCUT2D eigenvalue weighted by molar-refractivity contribution is 0.0204. The highest BCUT2D eigenvalue weighted by Gasteiger charge is 2.28. The van der Waals surface area contributed by atoms with Crippen molar-refractivity contribution in [3.63, 3.8) is 0 Å². The highest BCUT2D eigenvalue weighted by molar-refractivity contribution is 5.68. The smallest absolute Gasteiger partial charge is 0.410 e. The molecule has 0 saturated carbocycles. The number of amides is 1. The number of piperidine rings is 1. The maximum absolute atomic E-state index is 12.2. The molecule has 5 nitrogen and oxygen atoms in total. The van der Waals surface area contributed by atoms with Crippen molar-refractivity contribution in [1.29, 1.82) is 0 Å². The fourth-order valence-electron chi connectivity index (χ4n) is 3.27. The van der Waals surface area contributed by atoms with Crippen LogP contribution in [0.15, 0.2) is 18.9 Å². The van der Waals surface area contributed by atoms with Crippen LogP contribution in [0.2, 0.25) is 0 Å². The SMILES string of the molecule is C=C/C(OC)=c1/c(C2CCN(C(=O)OC(C)(C)C)CC2)c[nH]/c1=C/C. The third kappa shape index (κ3) is 4.47. The summed E-state index contributed by atoms with van der Waals surface area (Å²) in [5.41, 5.74) is 0.772. The van der Waals surface area contributed by atoms with E-state index in [1.165, 1.54) is 5.56 Å². The molecule has 2 heterocycles. The Morgan fingerprint density at radius 2 is 2.00 bits per heavy atom. The van der Waals surface area contributed by atoms with Crippen LogP contribution in [0.5, 0.6) is 0 Å². The van der Waals surface area contributed by atoms with Gasteiger partial charge in [-0.3, -0.25) is 0 Å². The first-order valence-corrected chi connectivity index (χ1v) is 8.83. The van der Waals surface area contributed by atoms with E-state index in [1.807, 2.05) is 33.8 Å². The Labute approximate surface area is 150 Å². The molecule has 0 spiro atoms. The van der Waals surface area contributed by atoms with Gasteiger partial charge in [-0.05, 0) is 58.1 Å². The van der Waals surface area contributed by atoms with Crippen LogP contribution in [-0.4, -0.2) is 41.8 Å². The van der Waals surface area contributed by atoms with Crippen molar-refractivity contribution in [1.82, 2.24) is 9.88 Å². The number of aromatic amines is 1. The van der Waals surface area contributed by atoms with Crippen molar-refractivity contribution in [2.45, 2.75) is 52.1 Å². The minimum Gasteiger partial charge on any atom is -0.496 e. The Hall–Kier alpha value is -2.17. The van der Waals surface area contributed by atoms with E-state index in [2.05, 4.69) is 17.8 Å². The van der Waals surface area contributed by atoms with Gasteiger partial charge in [0, 0.05) is 29.9 Å². The van der Waals surface area contributed by atoms with E-state index in [4.69, 9.17) is 9.47 Å². The zero-order valence-corrected chi connectivity index (χ0v) is 16.0. The van der Waals surface area contributed by atoms with E-state index in [-0.39, 0.29) is 6.09 Å². The zero-order chi connectivity index (χ0) is 18.6. The molecule has 0 aromatic carbocycles. The Balaban J connectivity index is 2.20. The minimum atomic E-state index is -0.458. The Morgan fingerprint density at radius 1 is 1.36 bits per heavy atom. The number of ether oxygens (including phenoxy) is 2. The van der Waals surface area contributed by atoms with Crippen LogP contribution in [0.1, 0.15) is 52.0 Å². The number of likely N-dealkylation sites (tertiary alicyclic amines) is 1. The molecule has 0 aliphatic carbocycles. The molecule has 25 heavy (non-hydrogen) atoms. The third-order valence-corrected chi connectivity index (χ3v) is 4.47. The van der Waals surface area contributed by atoms with Gasteiger partial charge in [-0.15, -0.1) is 0 Å². The van der Waals surface area contributed by atoms with Crippen molar-refractivity contribution in [3.05, 3.63) is 35.0 Å². The van der Waals surface area contributed by atoms with E-state index in [0.717, 1.165) is 29.2 Å². The number of nitrogens with one attached hydrogen (secondary N) is 1. The lowest BCUT2D eigenvalue weighted by Gasteiger charge is -2.33. The van der Waals surface area contributed by atoms with E-state index in [0.29, 0.717) is 19.0 Å². The summed E-state index contributed by atoms with van der Waals surface area (Å²) in [6.07, 6.45) is 7.43. The molecule has 0 bridgehead atoms. The fourth-order valence-corrected chi connectivity index (χ4v) is 3.27. The Morgan fingerprint density at radius 3 is 2.48 bits per heavy atom. The quantitative estimate of drug-likeness (QED) is 0.916. The summed E-state index contributed by atoms with van der Waals surface area (Å²) < 4.78 is 11.0. The van der Waals surface area contributed by atoms with Gasteiger partial charge < -0.3 is 19.4 Å². The number of aromatic nitrogens is 1. The topological polar surface area (TPSA) is 54.6 Å². The highest BCUT2D eigenvalue weighted by atomic mass is 16.6. The summed E-state index contributed by atoms with van der Waals surface area (Å²) in [4.78, 5) is 17.4. The van der Waals surface area contributed by atoms with Crippen molar-refractivity contribution in [3.8, 4) is 0 Å². The number of nitrogens with zero attached hydrogens (tertiary/aromatic N) is 1. The molecule has 5 heteroatoms. The molecular formula is C20H30N2O3. The van der Waals surface area contributed by atoms with E-state index < -0.39 is 5.60 Å². The molecule has 2 rings (SSSR count). The number of hydrogen-bond acceptors (Lipinski definition) is 3. The predicted molar refractivity (Wildman–Crippen MR) is 101 cm³/mol. The lowest BCUT2D eigenvalue weighted by atomic mass is 9.90. The Bertz CT molecular complexity index is 732. The van der Waals surface area contributed by atoms with Crippen LogP contribution in [0.4, 0.5) is 4.79 Å². The number of hydrogen-bond donors (Lipinski definition) is 1. The number of carbonyl (C=O) groups excluding carboxylic acids is 1. The molecule has 1 fully saturated rings. The number of H-pyrrole nitrogens is 1. The third-order valence-electron chi connectivity index (χ3n) is 4.47. The molecule has 1 aliphatic heterocycles. The van der Waals surface area contributed by atoms with E-state index >= 15 is 0 Å². The van der Waals surface area contributed by atoms with Crippen molar-refractivity contribution >= 4 is 17.9 Å². The summed E-state index contributed by atoms with van der Waals surface area (Å²) in [5, 5.41) is 2.12. The van der Waals surface area contributed by atoms with Crippen LogP contribution >= 0.6 is 0 Å². The van der Waals surface area contributed by atoms with Gasteiger partial charge >= 0.3 is 6.09 Å². The number of rotatable bonds is 3. The second-order valence-corrected chi connectivity index (χ2v) is 7.34. The molecule has 1 aliphatic rings. The van der Waals surface area contributed by atoms with Gasteiger partial charge in [0.1, 0.15) is 11.4 Å². The summed E-state index contributed by atoms with van der Waals surface area (Å²) in [5.74, 6) is 1.16. The summed E-state index contributed by atoms with van der Waals surface area (Å²) >= 11 is 0. The van der Waals surface area contributed by atoms with Crippen LogP contribution in [0, 0.1) is 0 Å². The predicted octanol–water partition coefficient (Wildman–Crippen LogP) is 2.87. The standard InChI is InChI=1S/C20H30N2O3/c1-7-16-18(17(8-2)24-6)15(13-21-16)14-9-11-22(12-10-14)19(23)25-20(3,4)5/h7-8,13-14,21H,2,9-12H2,1,3-6H3/b16-7+,18-17+. The average molecular weight is 346 g/mol. The molecule has 1 amide bonds. The van der Waals surface area contributed by atoms with Gasteiger partial charge in [0.25, 0.3) is 0 Å². The number of methoxy groups -OCH3 is 1. The fraction of sp³-hybridized carbons (Fsp3) is 0.550. The normalized spacial score (nSPS) is 18.1. The van der Waals surface area contributed by atoms with E-state index in [9.17, 15) is 4.79 Å². The first-order chi connectivity index (χ1) is 11.8. The first kappa shape index (κ1) is 19.2. The van der Waals surface area contributed by atoms with Gasteiger partial charge in [0.15, 0.2) is 0 Å². The molecule has 0 radical (unpaired) electrons. The van der Waals surface area contributed by atoms with Crippen molar-refractivity contribution < 1.29 is 14.3 Å². The van der Waals surface area contributed by atoms with Crippen LogP contribution in [0.3, 0.4) is 0 Å². The molecule has 138 valence electrons. The van der Waals surface area contributed by atoms with Gasteiger partial charge in [0.05, 0.1) is 7.11 Å². The largest absolute Gasteiger partial charge is 0.496 e. The van der Waals surface area contributed by atoms with Crippen LogP contribution in [0.25, 0.3) is 11.8 Å². The van der Waals surface area contributed by atoms with Crippen LogP contribution in [-0.2, 0) is 9.47 Å². The summed E-state index contributed by atoms with van der Waals surface area (Å²) in [6.45, 7) is 12.9. The molecule has 1 saturated heterocycles. The second kappa shape index (κ2) is 7.81. The molecule has 1 N–H and O–H groups in total. The molecule has 0 atom stereocenters. The van der Waals surface area contributed by atoms with Crippen molar-refractivity contribution in [2.24, 2.45) is 0 Å². The number of carbonyl (C=O) groups is 1. The molecule has 0 unspecified atom stereocenters. The first-order valence-electron chi connectivity index (χ1n) is 8.83. The monoisotopic (exact) mass is 346 g/mol. The van der Waals surface area contributed by atoms with Gasteiger partial charge in [-0.25, -0.2) is 4.79 Å². The maximum atomic E-state index is 12.2. The van der Waals surface area contributed by atoms with E-state index in [1.54, 1.807) is 18.1 Å². The summed E-state index contributed by atoms with van der Waals surface area (Å²) in [6, 6.07) is 0. The lowest BCUT2D eigenvalue weighted by Crippen LogP contribution is -2.42. The average Bonchev–Trinajstić information content (AvgIpc) is 2.98. The van der Waals surface area contributed by atoms with Crippen LogP contribution < -0.4 is 10.6 Å². The Kier molecular flexibility index (Phi) is 5.98. The van der Waals surface area contributed by atoms with Gasteiger partial charge in [0.2, 0.25) is 0 Å².